The molecule has 0 bridgehead atoms. The van der Waals surface area contributed by atoms with Crippen LogP contribution in [0.2, 0.25) is 0 Å². The van der Waals surface area contributed by atoms with Crippen molar-refractivity contribution in [2.24, 2.45) is 0 Å². The standard InChI is InChI=1S/C13H15BrFNO2/c14-10-6-5-8(15)7-9(10)13(18)16-11-3-1-2-4-12(11)17/h5-7,11-12,17H,1-4H2,(H,16,18)/t11-,12-/m0/s1. The highest BCUT2D eigenvalue weighted by molar-refractivity contribution is 9.10. The van der Waals surface area contributed by atoms with Gasteiger partial charge >= 0.3 is 0 Å². The number of benzene rings is 1. The Bertz CT molecular complexity index is 453. The highest BCUT2D eigenvalue weighted by Crippen LogP contribution is 2.21. The number of aliphatic hydroxyl groups is 1. The summed E-state index contributed by atoms with van der Waals surface area (Å²) in [5.41, 5.74) is 0.257. The zero-order valence-electron chi connectivity index (χ0n) is 9.83. The van der Waals surface area contributed by atoms with Crippen molar-refractivity contribution in [3.05, 3.63) is 34.1 Å². The number of hydrogen-bond donors (Lipinski definition) is 2. The summed E-state index contributed by atoms with van der Waals surface area (Å²) in [5, 5.41) is 12.6. The highest BCUT2D eigenvalue weighted by atomic mass is 79.9. The second kappa shape index (κ2) is 5.80. The van der Waals surface area contributed by atoms with E-state index >= 15 is 0 Å². The van der Waals surface area contributed by atoms with Crippen molar-refractivity contribution in [3.8, 4) is 0 Å². The number of carbonyl (C=O) groups excluding carboxylic acids is 1. The zero-order chi connectivity index (χ0) is 13.1. The fourth-order valence-corrected chi connectivity index (χ4v) is 2.62. The van der Waals surface area contributed by atoms with Gasteiger partial charge < -0.3 is 10.4 Å². The zero-order valence-corrected chi connectivity index (χ0v) is 11.4. The van der Waals surface area contributed by atoms with E-state index in [4.69, 9.17) is 0 Å². The number of aliphatic hydroxyl groups excluding tert-OH is 1. The lowest BCUT2D eigenvalue weighted by molar-refractivity contribution is 0.0716. The Hall–Kier alpha value is -0.940. The van der Waals surface area contributed by atoms with Crippen LogP contribution in [0.3, 0.4) is 0 Å². The van der Waals surface area contributed by atoms with E-state index < -0.39 is 11.9 Å². The average molecular weight is 316 g/mol. The number of rotatable bonds is 2. The fourth-order valence-electron chi connectivity index (χ4n) is 2.20. The van der Waals surface area contributed by atoms with E-state index in [9.17, 15) is 14.3 Å². The molecule has 18 heavy (non-hydrogen) atoms. The van der Waals surface area contributed by atoms with Gasteiger partial charge in [0, 0.05) is 4.47 Å². The summed E-state index contributed by atoms with van der Waals surface area (Å²) in [7, 11) is 0. The average Bonchev–Trinajstić information content (AvgIpc) is 2.35. The summed E-state index contributed by atoms with van der Waals surface area (Å²) in [6, 6.07) is 3.74. The molecule has 1 saturated carbocycles. The van der Waals surface area contributed by atoms with E-state index in [0.717, 1.165) is 19.3 Å². The Balaban J connectivity index is 2.09. The van der Waals surface area contributed by atoms with E-state index in [-0.39, 0.29) is 17.5 Å². The molecule has 1 aromatic rings. The molecule has 0 aliphatic heterocycles. The van der Waals surface area contributed by atoms with E-state index in [1.807, 2.05) is 0 Å². The van der Waals surface area contributed by atoms with Crippen molar-refractivity contribution in [2.75, 3.05) is 0 Å². The van der Waals surface area contributed by atoms with Crippen molar-refractivity contribution in [1.29, 1.82) is 0 Å². The molecule has 1 amide bonds. The van der Waals surface area contributed by atoms with Crippen LogP contribution in [0.1, 0.15) is 36.0 Å². The van der Waals surface area contributed by atoms with E-state index in [2.05, 4.69) is 21.2 Å². The third-order valence-corrected chi connectivity index (χ3v) is 3.91. The predicted molar refractivity (Wildman–Crippen MR) is 69.8 cm³/mol. The molecule has 0 aromatic heterocycles. The van der Waals surface area contributed by atoms with Crippen LogP contribution in [0, 0.1) is 5.82 Å². The quantitative estimate of drug-likeness (QED) is 0.881. The van der Waals surface area contributed by atoms with Crippen LogP contribution in [0.4, 0.5) is 4.39 Å². The van der Waals surface area contributed by atoms with Crippen molar-refractivity contribution in [2.45, 2.75) is 37.8 Å². The summed E-state index contributed by atoms with van der Waals surface area (Å²) in [5.74, 6) is -0.806. The molecule has 98 valence electrons. The summed E-state index contributed by atoms with van der Waals surface area (Å²) in [6.07, 6.45) is 2.94. The molecule has 2 N–H and O–H groups in total. The van der Waals surface area contributed by atoms with Gasteiger partial charge in [0.25, 0.3) is 5.91 Å². The lowest BCUT2D eigenvalue weighted by Crippen LogP contribution is -2.45. The minimum Gasteiger partial charge on any atom is -0.391 e. The fraction of sp³-hybridized carbons (Fsp3) is 0.462. The van der Waals surface area contributed by atoms with E-state index in [1.165, 1.54) is 18.2 Å². The van der Waals surface area contributed by atoms with Gasteiger partial charge in [-0.15, -0.1) is 0 Å². The Morgan fingerprint density at radius 2 is 2.11 bits per heavy atom. The molecular weight excluding hydrogens is 301 g/mol. The minimum absolute atomic E-state index is 0.235. The SMILES string of the molecule is O=C(N[C@H]1CCCC[C@@H]1O)c1cc(F)ccc1Br. The lowest BCUT2D eigenvalue weighted by Gasteiger charge is -2.28. The Labute approximate surface area is 114 Å². The van der Waals surface area contributed by atoms with Gasteiger partial charge in [-0.05, 0) is 47.0 Å². The number of hydrogen-bond acceptors (Lipinski definition) is 2. The molecule has 0 radical (unpaired) electrons. The summed E-state index contributed by atoms with van der Waals surface area (Å²) >= 11 is 3.22. The maximum absolute atomic E-state index is 13.1. The van der Waals surface area contributed by atoms with Crippen LogP contribution in [0.5, 0.6) is 0 Å². The molecule has 1 aromatic carbocycles. The third kappa shape index (κ3) is 3.09. The van der Waals surface area contributed by atoms with E-state index in [0.29, 0.717) is 10.9 Å². The van der Waals surface area contributed by atoms with Crippen molar-refractivity contribution in [1.82, 2.24) is 5.32 Å². The smallest absolute Gasteiger partial charge is 0.252 e. The molecule has 1 fully saturated rings. The van der Waals surface area contributed by atoms with Crippen LogP contribution in [0.15, 0.2) is 22.7 Å². The molecule has 0 spiro atoms. The number of carbonyl (C=O) groups is 1. The number of halogens is 2. The van der Waals surface area contributed by atoms with E-state index in [1.54, 1.807) is 0 Å². The maximum atomic E-state index is 13.1. The predicted octanol–water partition coefficient (Wildman–Crippen LogP) is 2.62. The summed E-state index contributed by atoms with van der Waals surface area (Å²) in [6.45, 7) is 0. The molecule has 2 atom stereocenters. The first kappa shape index (κ1) is 13.5. The number of nitrogens with one attached hydrogen (secondary N) is 1. The second-order valence-electron chi connectivity index (χ2n) is 4.56. The molecule has 1 aliphatic carbocycles. The normalized spacial score (nSPS) is 23.7. The summed E-state index contributed by atoms with van der Waals surface area (Å²) < 4.78 is 13.7. The first-order valence-corrected chi connectivity index (χ1v) is 6.81. The van der Waals surface area contributed by atoms with Crippen molar-refractivity contribution >= 4 is 21.8 Å². The van der Waals surface area contributed by atoms with Gasteiger partial charge in [-0.2, -0.15) is 0 Å². The first-order valence-electron chi connectivity index (χ1n) is 6.02. The molecule has 0 unspecified atom stereocenters. The third-order valence-electron chi connectivity index (χ3n) is 3.22. The van der Waals surface area contributed by atoms with Gasteiger partial charge in [-0.1, -0.05) is 12.8 Å². The Morgan fingerprint density at radius 1 is 1.39 bits per heavy atom. The number of amides is 1. The summed E-state index contributed by atoms with van der Waals surface area (Å²) in [4.78, 5) is 12.0. The molecule has 0 saturated heterocycles. The van der Waals surface area contributed by atoms with Gasteiger partial charge in [0.2, 0.25) is 0 Å². The molecule has 0 heterocycles. The van der Waals surface area contributed by atoms with Gasteiger partial charge in [-0.3, -0.25) is 4.79 Å². The van der Waals surface area contributed by atoms with Gasteiger partial charge in [0.15, 0.2) is 0 Å². The van der Waals surface area contributed by atoms with Gasteiger partial charge in [0.05, 0.1) is 17.7 Å². The largest absolute Gasteiger partial charge is 0.391 e. The molecule has 2 rings (SSSR count). The van der Waals surface area contributed by atoms with Crippen LogP contribution in [0.25, 0.3) is 0 Å². The van der Waals surface area contributed by atoms with Crippen molar-refractivity contribution < 1.29 is 14.3 Å². The Kier molecular flexibility index (Phi) is 4.35. The van der Waals surface area contributed by atoms with Gasteiger partial charge in [-0.25, -0.2) is 4.39 Å². The van der Waals surface area contributed by atoms with Crippen LogP contribution in [-0.4, -0.2) is 23.2 Å². The maximum Gasteiger partial charge on any atom is 0.252 e. The first-order chi connectivity index (χ1) is 8.58. The lowest BCUT2D eigenvalue weighted by atomic mass is 9.92. The minimum atomic E-state index is -0.505. The van der Waals surface area contributed by atoms with Crippen molar-refractivity contribution in [3.63, 3.8) is 0 Å². The topological polar surface area (TPSA) is 49.3 Å². The van der Waals surface area contributed by atoms with Crippen LogP contribution in [-0.2, 0) is 0 Å². The molecular formula is C13H15BrFNO2. The molecule has 3 nitrogen and oxygen atoms in total. The van der Waals surface area contributed by atoms with Crippen LogP contribution < -0.4 is 5.32 Å². The monoisotopic (exact) mass is 315 g/mol. The Morgan fingerprint density at radius 3 is 2.83 bits per heavy atom. The molecule has 5 heteroatoms. The molecule has 1 aliphatic rings. The highest BCUT2D eigenvalue weighted by Gasteiger charge is 2.25. The van der Waals surface area contributed by atoms with Crippen LogP contribution >= 0.6 is 15.9 Å². The van der Waals surface area contributed by atoms with Gasteiger partial charge in [0.1, 0.15) is 5.82 Å². The second-order valence-corrected chi connectivity index (χ2v) is 5.41.